The van der Waals surface area contributed by atoms with Crippen LogP contribution < -0.4 is 0 Å². The number of hydrogen-bond donors (Lipinski definition) is 1. The second-order valence-corrected chi connectivity index (χ2v) is 9.38. The average Bonchev–Trinajstić information content (AvgIpc) is 2.90. The Kier molecular flexibility index (Phi) is 7.70. The number of methoxy groups -OCH3 is 1. The molecule has 2 aliphatic carbocycles. The lowest BCUT2D eigenvalue weighted by Gasteiger charge is -2.44. The summed E-state index contributed by atoms with van der Waals surface area (Å²) in [6.45, 7) is 8.86. The van der Waals surface area contributed by atoms with E-state index in [4.69, 9.17) is 9.47 Å². The number of fused-ring (bicyclic) bond motifs is 1. The molecule has 152 valence electrons. The Morgan fingerprint density at radius 3 is 2.77 bits per heavy atom. The van der Waals surface area contributed by atoms with Crippen LogP contribution in [0.4, 0.5) is 4.39 Å². The number of hydrogen-bond acceptors (Lipinski definition) is 3. The third-order valence-electron chi connectivity index (χ3n) is 6.99. The van der Waals surface area contributed by atoms with E-state index >= 15 is 0 Å². The van der Waals surface area contributed by atoms with Crippen molar-refractivity contribution in [1.82, 2.24) is 0 Å². The lowest BCUT2D eigenvalue weighted by molar-refractivity contribution is -0.124. The van der Waals surface area contributed by atoms with Crippen molar-refractivity contribution in [3.8, 4) is 0 Å². The van der Waals surface area contributed by atoms with Gasteiger partial charge in [-0.2, -0.15) is 0 Å². The SMILES string of the molecule is COCOC(C)(C)C[C@@H](F)C[C@@H](C)[C@H]1CC[C@H]2/C(=C/CO)CCC[C@]12C. The minimum absolute atomic E-state index is 0.144. The van der Waals surface area contributed by atoms with Gasteiger partial charge in [-0.15, -0.1) is 0 Å². The van der Waals surface area contributed by atoms with E-state index in [1.807, 2.05) is 19.9 Å². The van der Waals surface area contributed by atoms with Crippen LogP contribution in [-0.4, -0.2) is 37.4 Å². The van der Waals surface area contributed by atoms with Crippen LogP contribution >= 0.6 is 0 Å². The molecule has 0 aromatic carbocycles. The average molecular weight is 371 g/mol. The van der Waals surface area contributed by atoms with E-state index in [1.54, 1.807) is 7.11 Å². The molecule has 0 unspecified atom stereocenters. The number of alkyl halides is 1. The van der Waals surface area contributed by atoms with Crippen LogP contribution in [0.5, 0.6) is 0 Å². The van der Waals surface area contributed by atoms with E-state index in [0.717, 1.165) is 6.42 Å². The maximum absolute atomic E-state index is 14.8. The van der Waals surface area contributed by atoms with Gasteiger partial charge in [0.05, 0.1) is 12.2 Å². The molecule has 0 heterocycles. The molecular formula is C22H39FO3. The van der Waals surface area contributed by atoms with Gasteiger partial charge in [-0.25, -0.2) is 4.39 Å². The fraction of sp³-hybridized carbons (Fsp3) is 0.909. The predicted octanol–water partition coefficient (Wildman–Crippen LogP) is 5.28. The molecule has 0 spiro atoms. The van der Waals surface area contributed by atoms with Gasteiger partial charge in [0.15, 0.2) is 0 Å². The highest BCUT2D eigenvalue weighted by Gasteiger charge is 2.50. The van der Waals surface area contributed by atoms with Gasteiger partial charge in [0, 0.05) is 13.5 Å². The predicted molar refractivity (Wildman–Crippen MR) is 104 cm³/mol. The van der Waals surface area contributed by atoms with E-state index in [2.05, 4.69) is 13.8 Å². The highest BCUT2D eigenvalue weighted by atomic mass is 19.1. The molecule has 3 nitrogen and oxygen atoms in total. The molecule has 26 heavy (non-hydrogen) atoms. The molecule has 0 aromatic heterocycles. The van der Waals surface area contributed by atoms with Crippen LogP contribution in [0.3, 0.4) is 0 Å². The van der Waals surface area contributed by atoms with Crippen molar-refractivity contribution in [2.45, 2.75) is 84.4 Å². The Hall–Kier alpha value is -0.450. The molecule has 0 radical (unpaired) electrons. The van der Waals surface area contributed by atoms with Gasteiger partial charge in [0.2, 0.25) is 0 Å². The number of ether oxygens (including phenoxy) is 2. The summed E-state index contributed by atoms with van der Waals surface area (Å²) in [5.74, 6) is 1.51. The van der Waals surface area contributed by atoms with Crippen LogP contribution in [0.15, 0.2) is 11.6 Å². The second-order valence-electron chi connectivity index (χ2n) is 9.38. The van der Waals surface area contributed by atoms with Gasteiger partial charge in [-0.3, -0.25) is 0 Å². The van der Waals surface area contributed by atoms with Crippen molar-refractivity contribution in [2.75, 3.05) is 20.5 Å². The first-order valence-electron chi connectivity index (χ1n) is 10.3. The smallest absolute Gasteiger partial charge is 0.147 e. The van der Waals surface area contributed by atoms with Crippen molar-refractivity contribution < 1.29 is 19.0 Å². The maximum atomic E-state index is 14.8. The molecule has 0 bridgehead atoms. The highest BCUT2D eigenvalue weighted by Crippen LogP contribution is 2.59. The Bertz CT molecular complexity index is 476. The number of aliphatic hydroxyl groups is 1. The van der Waals surface area contributed by atoms with E-state index < -0.39 is 11.8 Å². The topological polar surface area (TPSA) is 38.7 Å². The van der Waals surface area contributed by atoms with Crippen molar-refractivity contribution in [3.05, 3.63) is 11.6 Å². The summed E-state index contributed by atoms with van der Waals surface area (Å²) in [6, 6.07) is 0. The number of aliphatic hydroxyl groups excluding tert-OH is 1. The lowest BCUT2D eigenvalue weighted by atomic mass is 9.60. The zero-order chi connectivity index (χ0) is 19.4. The van der Waals surface area contributed by atoms with Gasteiger partial charge in [0.25, 0.3) is 0 Å². The first-order chi connectivity index (χ1) is 12.2. The lowest BCUT2D eigenvalue weighted by Crippen LogP contribution is -2.37. The summed E-state index contributed by atoms with van der Waals surface area (Å²) in [5, 5.41) is 9.34. The Balaban J connectivity index is 1.97. The third kappa shape index (κ3) is 5.08. The molecule has 1 N–H and O–H groups in total. The molecule has 0 aliphatic heterocycles. The van der Waals surface area contributed by atoms with Crippen LogP contribution in [0.2, 0.25) is 0 Å². The second kappa shape index (κ2) is 9.16. The van der Waals surface area contributed by atoms with Crippen LogP contribution in [0, 0.1) is 23.2 Å². The summed E-state index contributed by atoms with van der Waals surface area (Å²) in [6.07, 6.45) is 8.11. The summed E-state index contributed by atoms with van der Waals surface area (Å²) >= 11 is 0. The summed E-state index contributed by atoms with van der Waals surface area (Å²) < 4.78 is 25.4. The molecule has 0 saturated heterocycles. The van der Waals surface area contributed by atoms with Crippen molar-refractivity contribution in [2.24, 2.45) is 23.2 Å². The standard InChI is InChI=1S/C22H39FO3/c1-16(13-18(23)14-21(2,3)26-15-25-5)19-8-9-20-17(10-12-24)7-6-11-22(19,20)4/h10,16,18-20,24H,6-9,11-15H2,1-5H3/b17-10+/t16-,18+,19-,20+,22-/m1/s1. The van der Waals surface area contributed by atoms with Crippen molar-refractivity contribution in [3.63, 3.8) is 0 Å². The fourth-order valence-corrected chi connectivity index (χ4v) is 5.84. The van der Waals surface area contributed by atoms with E-state index in [-0.39, 0.29) is 18.8 Å². The van der Waals surface area contributed by atoms with Crippen LogP contribution in [0.25, 0.3) is 0 Å². The molecule has 2 fully saturated rings. The van der Waals surface area contributed by atoms with Gasteiger partial charge in [-0.05, 0) is 75.5 Å². The van der Waals surface area contributed by atoms with E-state index in [9.17, 15) is 9.50 Å². The highest BCUT2D eigenvalue weighted by molar-refractivity contribution is 5.18. The van der Waals surface area contributed by atoms with Crippen LogP contribution in [0.1, 0.15) is 72.6 Å². The molecular weight excluding hydrogens is 331 g/mol. The maximum Gasteiger partial charge on any atom is 0.147 e. The van der Waals surface area contributed by atoms with E-state index in [0.29, 0.717) is 30.6 Å². The largest absolute Gasteiger partial charge is 0.392 e. The summed E-state index contributed by atoms with van der Waals surface area (Å²) in [7, 11) is 1.59. The molecule has 4 heteroatoms. The Morgan fingerprint density at radius 1 is 1.38 bits per heavy atom. The molecule has 0 amide bonds. The van der Waals surface area contributed by atoms with Crippen molar-refractivity contribution >= 4 is 0 Å². The normalized spacial score (nSPS) is 33.3. The zero-order valence-electron chi connectivity index (χ0n) is 17.4. The first kappa shape index (κ1) is 21.8. The quantitative estimate of drug-likeness (QED) is 0.443. The minimum atomic E-state index is -0.851. The third-order valence-corrected chi connectivity index (χ3v) is 6.99. The molecule has 2 rings (SSSR count). The number of halogens is 1. The van der Waals surface area contributed by atoms with Gasteiger partial charge in [-0.1, -0.05) is 25.5 Å². The first-order valence-corrected chi connectivity index (χ1v) is 10.3. The number of allylic oxidation sites excluding steroid dienone is 1. The molecule has 0 aromatic rings. The summed E-state index contributed by atoms with van der Waals surface area (Å²) in [5.41, 5.74) is 1.21. The van der Waals surface area contributed by atoms with Gasteiger partial charge < -0.3 is 14.6 Å². The Labute approximate surface area is 159 Å². The zero-order valence-corrected chi connectivity index (χ0v) is 17.4. The van der Waals surface area contributed by atoms with Crippen molar-refractivity contribution in [1.29, 1.82) is 0 Å². The molecule has 2 saturated carbocycles. The monoisotopic (exact) mass is 370 g/mol. The Morgan fingerprint density at radius 2 is 2.12 bits per heavy atom. The minimum Gasteiger partial charge on any atom is -0.392 e. The number of rotatable bonds is 9. The van der Waals surface area contributed by atoms with Crippen LogP contribution in [-0.2, 0) is 9.47 Å². The fourth-order valence-electron chi connectivity index (χ4n) is 5.84. The van der Waals surface area contributed by atoms with Gasteiger partial charge >= 0.3 is 0 Å². The summed E-state index contributed by atoms with van der Waals surface area (Å²) in [4.78, 5) is 0. The molecule has 5 atom stereocenters. The van der Waals surface area contributed by atoms with E-state index in [1.165, 1.54) is 31.3 Å². The van der Waals surface area contributed by atoms with Gasteiger partial charge in [0.1, 0.15) is 13.0 Å². The molecule has 2 aliphatic rings.